The number of ether oxygens (including phenoxy) is 1. The molecule has 2 aromatic rings. The third kappa shape index (κ3) is 4.06. The molecule has 142 valence electrons. The number of nitrogens with zero attached hydrogens (tertiary/aromatic N) is 1. The second-order valence-corrected chi connectivity index (χ2v) is 8.02. The number of hydrogen-bond acceptors (Lipinski definition) is 5. The monoisotopic (exact) mass is 408 g/mol. The molecule has 0 unspecified atom stereocenters. The van der Waals surface area contributed by atoms with Gasteiger partial charge < -0.3 is 9.64 Å². The second kappa shape index (κ2) is 7.58. The van der Waals surface area contributed by atoms with E-state index in [9.17, 15) is 18.0 Å². The average Bonchev–Trinajstić information content (AvgIpc) is 3.08. The first-order valence-corrected chi connectivity index (χ1v) is 9.99. The molecule has 1 amide bonds. The SMILES string of the molecule is COC(=O)c1cc(NS(=O)(=O)c2ccc(N3CCCC3=O)cc2)ccc1Cl. The van der Waals surface area contributed by atoms with Crippen LogP contribution < -0.4 is 9.62 Å². The molecule has 27 heavy (non-hydrogen) atoms. The highest BCUT2D eigenvalue weighted by Gasteiger charge is 2.23. The topological polar surface area (TPSA) is 92.8 Å². The molecule has 1 saturated heterocycles. The normalized spacial score (nSPS) is 14.3. The number of carbonyl (C=O) groups excluding carboxylic acids is 2. The average molecular weight is 409 g/mol. The summed E-state index contributed by atoms with van der Waals surface area (Å²) in [4.78, 5) is 25.1. The van der Waals surface area contributed by atoms with Crippen LogP contribution >= 0.6 is 11.6 Å². The molecule has 1 N–H and O–H groups in total. The first-order chi connectivity index (χ1) is 12.8. The van der Waals surface area contributed by atoms with Crippen molar-refractivity contribution >= 4 is 44.9 Å². The van der Waals surface area contributed by atoms with E-state index >= 15 is 0 Å². The Morgan fingerprint density at radius 3 is 2.48 bits per heavy atom. The lowest BCUT2D eigenvalue weighted by Gasteiger charge is -2.16. The lowest BCUT2D eigenvalue weighted by atomic mass is 10.2. The Morgan fingerprint density at radius 2 is 1.89 bits per heavy atom. The molecule has 0 saturated carbocycles. The number of sulfonamides is 1. The lowest BCUT2D eigenvalue weighted by molar-refractivity contribution is -0.117. The smallest absolute Gasteiger partial charge is 0.339 e. The van der Waals surface area contributed by atoms with Crippen LogP contribution in [0.4, 0.5) is 11.4 Å². The van der Waals surface area contributed by atoms with E-state index in [0.717, 1.165) is 6.42 Å². The first-order valence-electron chi connectivity index (χ1n) is 8.13. The molecule has 3 rings (SSSR count). The van der Waals surface area contributed by atoms with Crippen LogP contribution in [0.15, 0.2) is 47.4 Å². The predicted octanol–water partition coefficient (Wildman–Crippen LogP) is 3.05. The van der Waals surface area contributed by atoms with Gasteiger partial charge in [-0.15, -0.1) is 0 Å². The van der Waals surface area contributed by atoms with E-state index in [-0.39, 0.29) is 27.1 Å². The lowest BCUT2D eigenvalue weighted by Crippen LogP contribution is -2.23. The number of rotatable bonds is 5. The van der Waals surface area contributed by atoms with Gasteiger partial charge in [0.15, 0.2) is 0 Å². The molecule has 0 spiro atoms. The number of nitrogens with one attached hydrogen (secondary N) is 1. The van der Waals surface area contributed by atoms with Gasteiger partial charge >= 0.3 is 5.97 Å². The molecular weight excluding hydrogens is 392 g/mol. The number of anilines is 2. The molecule has 0 bridgehead atoms. The van der Waals surface area contributed by atoms with Gasteiger partial charge in [0.25, 0.3) is 10.0 Å². The molecule has 1 aliphatic rings. The molecule has 1 aliphatic heterocycles. The van der Waals surface area contributed by atoms with Gasteiger partial charge in [0.1, 0.15) is 0 Å². The minimum absolute atomic E-state index is 0.0280. The Hall–Kier alpha value is -2.58. The fourth-order valence-corrected chi connectivity index (χ4v) is 4.04. The summed E-state index contributed by atoms with van der Waals surface area (Å²) < 4.78 is 32.2. The Kier molecular flexibility index (Phi) is 5.38. The van der Waals surface area contributed by atoms with E-state index in [4.69, 9.17) is 11.6 Å². The van der Waals surface area contributed by atoms with E-state index in [2.05, 4.69) is 9.46 Å². The number of methoxy groups -OCH3 is 1. The number of amides is 1. The van der Waals surface area contributed by atoms with Crippen molar-refractivity contribution in [3.8, 4) is 0 Å². The number of carbonyl (C=O) groups is 2. The van der Waals surface area contributed by atoms with E-state index in [1.807, 2.05) is 0 Å². The van der Waals surface area contributed by atoms with Crippen molar-refractivity contribution in [1.29, 1.82) is 0 Å². The molecule has 1 fully saturated rings. The highest BCUT2D eigenvalue weighted by molar-refractivity contribution is 7.92. The molecule has 9 heteroatoms. The van der Waals surface area contributed by atoms with Crippen molar-refractivity contribution in [3.63, 3.8) is 0 Å². The molecule has 0 atom stereocenters. The summed E-state index contributed by atoms with van der Waals surface area (Å²) in [6.45, 7) is 0.629. The van der Waals surface area contributed by atoms with Gasteiger partial charge in [-0.1, -0.05) is 11.6 Å². The summed E-state index contributed by atoms with van der Waals surface area (Å²) in [7, 11) is -2.67. The number of esters is 1. The van der Waals surface area contributed by atoms with Gasteiger partial charge in [-0.05, 0) is 48.9 Å². The number of hydrogen-bond donors (Lipinski definition) is 1. The standard InChI is InChI=1S/C18H17ClN2O5S/c1-26-18(23)15-11-12(4-9-16(15)19)20-27(24,25)14-7-5-13(6-8-14)21-10-2-3-17(21)22/h4-9,11,20H,2-3,10H2,1H3. The summed E-state index contributed by atoms with van der Waals surface area (Å²) in [6.07, 6.45) is 1.29. The molecule has 7 nitrogen and oxygen atoms in total. The van der Waals surface area contributed by atoms with Crippen LogP contribution in [0.5, 0.6) is 0 Å². The van der Waals surface area contributed by atoms with E-state index in [1.54, 1.807) is 17.0 Å². The van der Waals surface area contributed by atoms with Crippen LogP contribution in [0.3, 0.4) is 0 Å². The third-order valence-electron chi connectivity index (χ3n) is 4.16. The summed E-state index contributed by atoms with van der Waals surface area (Å²) >= 11 is 5.94. The fraction of sp³-hybridized carbons (Fsp3) is 0.222. The van der Waals surface area contributed by atoms with E-state index < -0.39 is 16.0 Å². The largest absolute Gasteiger partial charge is 0.465 e. The van der Waals surface area contributed by atoms with Gasteiger partial charge in [-0.3, -0.25) is 9.52 Å². The van der Waals surface area contributed by atoms with Crippen molar-refractivity contribution in [2.24, 2.45) is 0 Å². The van der Waals surface area contributed by atoms with Crippen molar-refractivity contribution in [2.45, 2.75) is 17.7 Å². The molecule has 0 radical (unpaired) electrons. The number of benzene rings is 2. The van der Waals surface area contributed by atoms with Crippen LogP contribution in [0.2, 0.25) is 5.02 Å². The maximum Gasteiger partial charge on any atom is 0.339 e. The van der Waals surface area contributed by atoms with Crippen molar-refractivity contribution < 1.29 is 22.7 Å². The predicted molar refractivity (Wildman–Crippen MR) is 102 cm³/mol. The molecule has 0 aromatic heterocycles. The van der Waals surface area contributed by atoms with Gasteiger partial charge in [0, 0.05) is 24.3 Å². The van der Waals surface area contributed by atoms with Crippen LogP contribution in [0.25, 0.3) is 0 Å². The first kappa shape index (κ1) is 19.2. The third-order valence-corrected chi connectivity index (χ3v) is 5.88. The maximum atomic E-state index is 12.6. The number of halogens is 1. The summed E-state index contributed by atoms with van der Waals surface area (Å²) in [5.74, 6) is -0.638. The minimum Gasteiger partial charge on any atom is -0.465 e. The Balaban J connectivity index is 1.83. The Morgan fingerprint density at radius 1 is 1.19 bits per heavy atom. The summed E-state index contributed by atoms with van der Waals surface area (Å²) in [6, 6.07) is 10.2. The molecule has 2 aromatic carbocycles. The fourth-order valence-electron chi connectivity index (χ4n) is 2.80. The Bertz CT molecular complexity index is 989. The summed E-state index contributed by atoms with van der Waals surface area (Å²) in [5.41, 5.74) is 0.900. The van der Waals surface area contributed by atoms with E-state index in [1.165, 1.54) is 37.4 Å². The Labute approximate surface area is 161 Å². The van der Waals surface area contributed by atoms with Crippen LogP contribution in [-0.2, 0) is 19.6 Å². The molecular formula is C18H17ClN2O5S. The van der Waals surface area contributed by atoms with Gasteiger partial charge in [-0.25, -0.2) is 13.2 Å². The zero-order valence-corrected chi connectivity index (χ0v) is 16.0. The summed E-state index contributed by atoms with van der Waals surface area (Å²) in [5, 5.41) is 0.157. The van der Waals surface area contributed by atoms with Crippen molar-refractivity contribution in [1.82, 2.24) is 0 Å². The molecule has 0 aliphatic carbocycles. The maximum absolute atomic E-state index is 12.6. The zero-order valence-electron chi connectivity index (χ0n) is 14.4. The second-order valence-electron chi connectivity index (χ2n) is 5.93. The van der Waals surface area contributed by atoms with Gasteiger partial charge in [0.2, 0.25) is 5.91 Å². The highest BCUT2D eigenvalue weighted by atomic mass is 35.5. The van der Waals surface area contributed by atoms with Crippen LogP contribution in [0, 0.1) is 0 Å². The molecule has 1 heterocycles. The van der Waals surface area contributed by atoms with Gasteiger partial charge in [-0.2, -0.15) is 0 Å². The minimum atomic E-state index is -3.88. The van der Waals surface area contributed by atoms with E-state index in [0.29, 0.717) is 18.7 Å². The van der Waals surface area contributed by atoms with Crippen molar-refractivity contribution in [3.05, 3.63) is 53.1 Å². The highest BCUT2D eigenvalue weighted by Crippen LogP contribution is 2.26. The van der Waals surface area contributed by atoms with Crippen molar-refractivity contribution in [2.75, 3.05) is 23.3 Å². The van der Waals surface area contributed by atoms with Gasteiger partial charge in [0.05, 0.1) is 22.6 Å². The quantitative estimate of drug-likeness (QED) is 0.767. The van der Waals surface area contributed by atoms with Crippen LogP contribution in [-0.4, -0.2) is 33.9 Å². The van der Waals surface area contributed by atoms with Crippen LogP contribution in [0.1, 0.15) is 23.2 Å². The zero-order chi connectivity index (χ0) is 19.6.